The second-order valence-electron chi connectivity index (χ2n) is 5.48. The first-order valence-electron chi connectivity index (χ1n) is 7.09. The van der Waals surface area contributed by atoms with Gasteiger partial charge in [-0.3, -0.25) is 0 Å². The number of aromatic nitrogens is 4. The lowest BCUT2D eigenvalue weighted by molar-refractivity contribution is 0.354. The SMILES string of the molecule is CC(C)c1nc([C@H]2CCCN(c3ncccn3)C2)no1. The van der Waals surface area contributed by atoms with Crippen molar-refractivity contribution in [2.45, 2.75) is 38.5 Å². The summed E-state index contributed by atoms with van der Waals surface area (Å²) < 4.78 is 5.31. The van der Waals surface area contributed by atoms with Crippen molar-refractivity contribution < 1.29 is 4.52 Å². The van der Waals surface area contributed by atoms with Crippen molar-refractivity contribution in [1.82, 2.24) is 20.1 Å². The second-order valence-corrected chi connectivity index (χ2v) is 5.48. The highest BCUT2D eigenvalue weighted by molar-refractivity contribution is 5.30. The minimum absolute atomic E-state index is 0.272. The molecule has 1 aliphatic heterocycles. The minimum Gasteiger partial charge on any atom is -0.340 e. The Morgan fingerprint density at radius 3 is 2.80 bits per heavy atom. The normalized spacial score (nSPS) is 19.6. The van der Waals surface area contributed by atoms with E-state index >= 15 is 0 Å². The van der Waals surface area contributed by atoms with E-state index in [1.165, 1.54) is 0 Å². The lowest BCUT2D eigenvalue weighted by Gasteiger charge is -2.31. The quantitative estimate of drug-likeness (QED) is 0.855. The van der Waals surface area contributed by atoms with Gasteiger partial charge in [0.25, 0.3) is 0 Å². The summed E-state index contributed by atoms with van der Waals surface area (Å²) in [6.45, 7) is 5.95. The molecule has 1 saturated heterocycles. The van der Waals surface area contributed by atoms with Crippen LogP contribution in [0.25, 0.3) is 0 Å². The van der Waals surface area contributed by atoms with Gasteiger partial charge in [0.05, 0.1) is 0 Å². The van der Waals surface area contributed by atoms with Gasteiger partial charge in [-0.05, 0) is 18.9 Å². The summed E-state index contributed by atoms with van der Waals surface area (Å²) in [4.78, 5) is 15.3. The Bertz CT molecular complexity index is 554. The van der Waals surface area contributed by atoms with Gasteiger partial charge in [0.2, 0.25) is 11.8 Å². The molecule has 20 heavy (non-hydrogen) atoms. The number of nitrogens with zero attached hydrogens (tertiary/aromatic N) is 5. The molecule has 0 aromatic carbocycles. The van der Waals surface area contributed by atoms with E-state index in [0.717, 1.165) is 37.7 Å². The second kappa shape index (κ2) is 5.56. The van der Waals surface area contributed by atoms with Gasteiger partial charge < -0.3 is 9.42 Å². The average Bonchev–Trinajstić information content (AvgIpc) is 2.98. The van der Waals surface area contributed by atoms with Crippen molar-refractivity contribution in [3.63, 3.8) is 0 Å². The van der Waals surface area contributed by atoms with Crippen molar-refractivity contribution in [2.24, 2.45) is 0 Å². The number of rotatable bonds is 3. The van der Waals surface area contributed by atoms with Gasteiger partial charge >= 0.3 is 0 Å². The molecule has 1 fully saturated rings. The summed E-state index contributed by atoms with van der Waals surface area (Å²) >= 11 is 0. The van der Waals surface area contributed by atoms with E-state index < -0.39 is 0 Å². The monoisotopic (exact) mass is 273 g/mol. The molecule has 0 bridgehead atoms. The standard InChI is InChI=1S/C14H19N5O/c1-10(2)13-17-12(18-20-13)11-5-3-8-19(9-11)14-15-6-4-7-16-14/h4,6-7,10-11H,3,5,8-9H2,1-2H3/t11-/m0/s1. The Morgan fingerprint density at radius 2 is 2.10 bits per heavy atom. The van der Waals surface area contributed by atoms with Crippen LogP contribution in [0.5, 0.6) is 0 Å². The fourth-order valence-electron chi connectivity index (χ4n) is 2.47. The van der Waals surface area contributed by atoms with Gasteiger partial charge in [-0.2, -0.15) is 4.98 Å². The van der Waals surface area contributed by atoms with E-state index in [1.54, 1.807) is 12.4 Å². The third-order valence-electron chi connectivity index (χ3n) is 3.57. The lowest BCUT2D eigenvalue weighted by Crippen LogP contribution is -2.35. The smallest absolute Gasteiger partial charge is 0.229 e. The third-order valence-corrected chi connectivity index (χ3v) is 3.57. The van der Waals surface area contributed by atoms with Gasteiger partial charge in [0.15, 0.2) is 5.82 Å². The topological polar surface area (TPSA) is 67.9 Å². The average molecular weight is 273 g/mol. The zero-order valence-electron chi connectivity index (χ0n) is 11.9. The molecular formula is C14H19N5O. The Kier molecular flexibility index (Phi) is 3.62. The van der Waals surface area contributed by atoms with E-state index in [4.69, 9.17) is 4.52 Å². The van der Waals surface area contributed by atoms with E-state index in [0.29, 0.717) is 11.8 Å². The maximum absolute atomic E-state index is 5.31. The van der Waals surface area contributed by atoms with Crippen LogP contribution in [0.15, 0.2) is 23.0 Å². The molecule has 106 valence electrons. The molecule has 0 unspecified atom stereocenters. The Labute approximate surface area is 118 Å². The first-order valence-corrected chi connectivity index (χ1v) is 7.09. The van der Waals surface area contributed by atoms with Gasteiger partial charge in [-0.15, -0.1) is 0 Å². The van der Waals surface area contributed by atoms with Crippen LogP contribution in [0, 0.1) is 0 Å². The molecule has 0 amide bonds. The molecule has 0 N–H and O–H groups in total. The molecule has 3 heterocycles. The molecule has 2 aromatic heterocycles. The number of anilines is 1. The maximum atomic E-state index is 5.31. The van der Waals surface area contributed by atoms with Crippen LogP contribution < -0.4 is 4.90 Å². The fourth-order valence-corrected chi connectivity index (χ4v) is 2.47. The summed E-state index contributed by atoms with van der Waals surface area (Å²) in [5, 5.41) is 4.14. The molecule has 6 heteroatoms. The van der Waals surface area contributed by atoms with Crippen LogP contribution in [0.4, 0.5) is 5.95 Å². The Hall–Kier alpha value is -1.98. The molecule has 1 aliphatic rings. The van der Waals surface area contributed by atoms with Crippen LogP contribution in [-0.4, -0.2) is 33.2 Å². The van der Waals surface area contributed by atoms with Crippen LogP contribution in [0.1, 0.15) is 50.2 Å². The van der Waals surface area contributed by atoms with Gasteiger partial charge in [0, 0.05) is 37.3 Å². The summed E-state index contributed by atoms with van der Waals surface area (Å²) in [6, 6.07) is 1.83. The van der Waals surface area contributed by atoms with Crippen LogP contribution in [0.3, 0.4) is 0 Å². The van der Waals surface area contributed by atoms with Crippen molar-refractivity contribution in [1.29, 1.82) is 0 Å². The zero-order valence-corrected chi connectivity index (χ0v) is 11.9. The number of hydrogen-bond acceptors (Lipinski definition) is 6. The lowest BCUT2D eigenvalue weighted by atomic mass is 9.97. The molecule has 0 aliphatic carbocycles. The summed E-state index contributed by atoms with van der Waals surface area (Å²) in [6.07, 6.45) is 5.73. The van der Waals surface area contributed by atoms with Crippen molar-refractivity contribution in [3.8, 4) is 0 Å². The highest BCUT2D eigenvalue weighted by Gasteiger charge is 2.26. The number of piperidine rings is 1. The molecule has 1 atom stereocenters. The van der Waals surface area contributed by atoms with E-state index in [2.05, 4.69) is 38.9 Å². The highest BCUT2D eigenvalue weighted by atomic mass is 16.5. The van der Waals surface area contributed by atoms with Crippen LogP contribution in [0.2, 0.25) is 0 Å². The predicted molar refractivity (Wildman–Crippen MR) is 74.6 cm³/mol. The summed E-state index contributed by atoms with van der Waals surface area (Å²) in [5.41, 5.74) is 0. The van der Waals surface area contributed by atoms with E-state index in [9.17, 15) is 0 Å². The van der Waals surface area contributed by atoms with E-state index in [-0.39, 0.29) is 5.92 Å². The predicted octanol–water partition coefficient (Wildman–Crippen LogP) is 2.37. The van der Waals surface area contributed by atoms with Crippen molar-refractivity contribution in [2.75, 3.05) is 18.0 Å². The number of hydrogen-bond donors (Lipinski definition) is 0. The Balaban J connectivity index is 1.74. The molecule has 6 nitrogen and oxygen atoms in total. The molecule has 0 radical (unpaired) electrons. The van der Waals surface area contributed by atoms with Crippen LogP contribution in [-0.2, 0) is 0 Å². The fraction of sp³-hybridized carbons (Fsp3) is 0.571. The van der Waals surface area contributed by atoms with Gasteiger partial charge in [-0.25, -0.2) is 9.97 Å². The summed E-state index contributed by atoms with van der Waals surface area (Å²) in [5.74, 6) is 2.88. The van der Waals surface area contributed by atoms with E-state index in [1.807, 2.05) is 6.07 Å². The van der Waals surface area contributed by atoms with Gasteiger partial charge in [0.1, 0.15) is 0 Å². The summed E-state index contributed by atoms with van der Waals surface area (Å²) in [7, 11) is 0. The van der Waals surface area contributed by atoms with Crippen molar-refractivity contribution in [3.05, 3.63) is 30.2 Å². The zero-order chi connectivity index (χ0) is 13.9. The molecule has 0 spiro atoms. The maximum Gasteiger partial charge on any atom is 0.229 e. The first kappa shape index (κ1) is 13.0. The Morgan fingerprint density at radius 1 is 1.30 bits per heavy atom. The first-order chi connectivity index (χ1) is 9.74. The molecule has 0 saturated carbocycles. The van der Waals surface area contributed by atoms with Gasteiger partial charge in [-0.1, -0.05) is 19.0 Å². The van der Waals surface area contributed by atoms with Crippen LogP contribution >= 0.6 is 0 Å². The van der Waals surface area contributed by atoms with Crippen molar-refractivity contribution >= 4 is 5.95 Å². The largest absolute Gasteiger partial charge is 0.340 e. The third kappa shape index (κ3) is 2.64. The minimum atomic E-state index is 0.272. The molecule has 3 rings (SSSR count). The molecule has 2 aromatic rings. The highest BCUT2D eigenvalue weighted by Crippen LogP contribution is 2.27. The molecular weight excluding hydrogens is 254 g/mol.